The first-order chi connectivity index (χ1) is 9.52. The van der Waals surface area contributed by atoms with E-state index in [0.717, 1.165) is 12.0 Å². The van der Waals surface area contributed by atoms with Crippen molar-refractivity contribution in [3.8, 4) is 0 Å². The molecule has 1 aromatic heterocycles. The number of hydrogen-bond donors (Lipinski definition) is 2. The highest BCUT2D eigenvalue weighted by molar-refractivity contribution is 6.09. The van der Waals surface area contributed by atoms with Gasteiger partial charge >= 0.3 is 5.97 Å². The van der Waals surface area contributed by atoms with Crippen molar-refractivity contribution in [2.45, 2.75) is 13.3 Å². The van der Waals surface area contributed by atoms with Crippen LogP contribution >= 0.6 is 0 Å². The molecule has 0 bridgehead atoms. The van der Waals surface area contributed by atoms with Crippen LogP contribution in [0.3, 0.4) is 0 Å². The fraction of sp³-hybridized carbons (Fsp3) is 0.214. The Kier molecular flexibility index (Phi) is 3.84. The number of nitrogens with one attached hydrogen (secondary N) is 1. The van der Waals surface area contributed by atoms with Crippen molar-refractivity contribution >= 4 is 17.6 Å². The van der Waals surface area contributed by atoms with Gasteiger partial charge in [0.1, 0.15) is 5.56 Å². The first kappa shape index (κ1) is 13.8. The molecule has 0 aliphatic heterocycles. The summed E-state index contributed by atoms with van der Waals surface area (Å²) in [6, 6.07) is 7.38. The quantitative estimate of drug-likeness (QED) is 0.891. The smallest absolute Gasteiger partial charge is 0.339 e. The normalized spacial score (nSPS) is 10.3. The summed E-state index contributed by atoms with van der Waals surface area (Å²) in [5.41, 5.74) is 1.44. The molecular formula is C14H15N3O3. The Labute approximate surface area is 116 Å². The molecule has 0 radical (unpaired) electrons. The molecule has 1 amide bonds. The lowest BCUT2D eigenvalue weighted by Gasteiger charge is -2.08. The average Bonchev–Trinajstić information content (AvgIpc) is 2.82. The largest absolute Gasteiger partial charge is 0.478 e. The summed E-state index contributed by atoms with van der Waals surface area (Å²) < 4.78 is 1.31. The van der Waals surface area contributed by atoms with Gasteiger partial charge in [-0.25, -0.2) is 4.79 Å². The Morgan fingerprint density at radius 3 is 2.70 bits per heavy atom. The van der Waals surface area contributed by atoms with Crippen LogP contribution in [0.25, 0.3) is 0 Å². The van der Waals surface area contributed by atoms with Crippen molar-refractivity contribution < 1.29 is 14.7 Å². The van der Waals surface area contributed by atoms with E-state index in [4.69, 9.17) is 5.11 Å². The summed E-state index contributed by atoms with van der Waals surface area (Å²) in [7, 11) is 1.57. The molecule has 0 aliphatic carbocycles. The molecule has 0 spiro atoms. The van der Waals surface area contributed by atoms with Gasteiger partial charge in [-0.05, 0) is 18.1 Å². The molecule has 1 heterocycles. The summed E-state index contributed by atoms with van der Waals surface area (Å²) in [5.74, 6) is -1.70. The summed E-state index contributed by atoms with van der Waals surface area (Å²) in [5, 5.41) is 15.7. The molecule has 0 saturated carbocycles. The second kappa shape index (κ2) is 5.56. The number of aromatic nitrogens is 2. The third kappa shape index (κ3) is 2.69. The minimum atomic E-state index is -1.17. The average molecular weight is 273 g/mol. The van der Waals surface area contributed by atoms with E-state index in [1.807, 2.05) is 25.1 Å². The minimum absolute atomic E-state index is 0.0918. The van der Waals surface area contributed by atoms with Crippen molar-refractivity contribution in [1.29, 1.82) is 0 Å². The number of benzene rings is 1. The lowest BCUT2D eigenvalue weighted by atomic mass is 10.1. The highest BCUT2D eigenvalue weighted by atomic mass is 16.4. The third-order valence-electron chi connectivity index (χ3n) is 2.92. The molecule has 2 N–H and O–H groups in total. The van der Waals surface area contributed by atoms with Crippen LogP contribution in [0, 0.1) is 0 Å². The molecule has 104 valence electrons. The van der Waals surface area contributed by atoms with Gasteiger partial charge in [0.25, 0.3) is 5.91 Å². The number of anilines is 1. The summed E-state index contributed by atoms with van der Waals surface area (Å²) in [6.45, 7) is 1.98. The zero-order chi connectivity index (χ0) is 14.7. The first-order valence-electron chi connectivity index (χ1n) is 6.19. The molecule has 2 rings (SSSR count). The molecule has 0 atom stereocenters. The van der Waals surface area contributed by atoms with Crippen LogP contribution in [0.5, 0.6) is 0 Å². The van der Waals surface area contributed by atoms with E-state index >= 15 is 0 Å². The van der Waals surface area contributed by atoms with Crippen molar-refractivity contribution in [3.05, 3.63) is 47.3 Å². The molecule has 0 fully saturated rings. The Balaban J connectivity index is 2.31. The lowest BCUT2D eigenvalue weighted by Crippen LogP contribution is -2.17. The maximum Gasteiger partial charge on any atom is 0.339 e. The monoisotopic (exact) mass is 273 g/mol. The second-order valence-corrected chi connectivity index (χ2v) is 4.34. The standard InChI is InChI=1S/C14H15N3O3/c1-3-9-6-4-5-7-11(9)15-13(18)12-10(14(19)20)8-17(2)16-12/h4-8H,3H2,1-2H3,(H,15,18)(H,19,20). The minimum Gasteiger partial charge on any atom is -0.478 e. The van der Waals surface area contributed by atoms with Crippen LogP contribution in [0.2, 0.25) is 0 Å². The summed E-state index contributed by atoms with van der Waals surface area (Å²) >= 11 is 0. The van der Waals surface area contributed by atoms with Gasteiger partial charge in [-0.1, -0.05) is 25.1 Å². The molecule has 0 unspecified atom stereocenters. The van der Waals surface area contributed by atoms with Crippen LogP contribution in [0.15, 0.2) is 30.5 Å². The summed E-state index contributed by atoms with van der Waals surface area (Å²) in [4.78, 5) is 23.3. The lowest BCUT2D eigenvalue weighted by molar-refractivity contribution is 0.0692. The predicted octanol–water partition coefficient (Wildman–Crippen LogP) is 1.93. The van der Waals surface area contributed by atoms with E-state index in [2.05, 4.69) is 10.4 Å². The first-order valence-corrected chi connectivity index (χ1v) is 6.19. The van der Waals surface area contributed by atoms with Crippen LogP contribution in [-0.2, 0) is 13.5 Å². The van der Waals surface area contributed by atoms with Gasteiger partial charge in [-0.3, -0.25) is 9.48 Å². The van der Waals surface area contributed by atoms with Gasteiger partial charge in [-0.2, -0.15) is 5.10 Å². The number of para-hydroxylation sites is 1. The molecule has 20 heavy (non-hydrogen) atoms. The fourth-order valence-corrected chi connectivity index (χ4v) is 1.94. The van der Waals surface area contributed by atoms with Crippen molar-refractivity contribution in [3.63, 3.8) is 0 Å². The topological polar surface area (TPSA) is 84.2 Å². The number of aryl methyl sites for hydroxylation is 2. The van der Waals surface area contributed by atoms with Gasteiger partial charge in [-0.15, -0.1) is 0 Å². The number of carbonyl (C=O) groups is 2. The number of carboxylic acid groups (broad SMARTS) is 1. The number of nitrogens with zero attached hydrogens (tertiary/aromatic N) is 2. The molecule has 0 aliphatic rings. The number of rotatable bonds is 4. The van der Waals surface area contributed by atoms with E-state index < -0.39 is 11.9 Å². The van der Waals surface area contributed by atoms with E-state index in [0.29, 0.717) is 5.69 Å². The number of amides is 1. The van der Waals surface area contributed by atoms with Gasteiger partial charge in [0.05, 0.1) is 0 Å². The maximum absolute atomic E-state index is 12.2. The Morgan fingerprint density at radius 1 is 1.35 bits per heavy atom. The van der Waals surface area contributed by atoms with E-state index in [1.54, 1.807) is 13.1 Å². The fourth-order valence-electron chi connectivity index (χ4n) is 1.94. The van der Waals surface area contributed by atoms with Crippen molar-refractivity contribution in [1.82, 2.24) is 9.78 Å². The van der Waals surface area contributed by atoms with E-state index in [1.165, 1.54) is 10.9 Å². The highest BCUT2D eigenvalue weighted by Crippen LogP contribution is 2.17. The van der Waals surface area contributed by atoms with Gasteiger partial charge < -0.3 is 10.4 Å². The molecule has 1 aromatic carbocycles. The zero-order valence-electron chi connectivity index (χ0n) is 11.3. The van der Waals surface area contributed by atoms with Crippen LogP contribution < -0.4 is 5.32 Å². The molecule has 6 heteroatoms. The van der Waals surface area contributed by atoms with Crippen LogP contribution in [-0.4, -0.2) is 26.8 Å². The van der Waals surface area contributed by atoms with E-state index in [9.17, 15) is 9.59 Å². The third-order valence-corrected chi connectivity index (χ3v) is 2.92. The van der Waals surface area contributed by atoms with Gasteiger partial charge in [0, 0.05) is 18.9 Å². The Morgan fingerprint density at radius 2 is 2.05 bits per heavy atom. The van der Waals surface area contributed by atoms with Gasteiger partial charge in [0.2, 0.25) is 0 Å². The predicted molar refractivity (Wildman–Crippen MR) is 73.9 cm³/mol. The Hall–Kier alpha value is -2.63. The number of hydrogen-bond acceptors (Lipinski definition) is 3. The highest BCUT2D eigenvalue weighted by Gasteiger charge is 2.21. The molecule has 6 nitrogen and oxygen atoms in total. The molecular weight excluding hydrogens is 258 g/mol. The van der Waals surface area contributed by atoms with Crippen LogP contribution in [0.4, 0.5) is 5.69 Å². The second-order valence-electron chi connectivity index (χ2n) is 4.34. The number of aromatic carboxylic acids is 1. The maximum atomic E-state index is 12.2. The summed E-state index contributed by atoms with van der Waals surface area (Å²) in [6.07, 6.45) is 2.08. The Bertz CT molecular complexity index is 661. The van der Waals surface area contributed by atoms with Crippen molar-refractivity contribution in [2.75, 3.05) is 5.32 Å². The SMILES string of the molecule is CCc1ccccc1NC(=O)c1nn(C)cc1C(=O)O. The number of carboxylic acids is 1. The van der Waals surface area contributed by atoms with Gasteiger partial charge in [0.15, 0.2) is 5.69 Å². The zero-order valence-corrected chi connectivity index (χ0v) is 11.3. The molecule has 2 aromatic rings. The molecule has 0 saturated heterocycles. The van der Waals surface area contributed by atoms with E-state index in [-0.39, 0.29) is 11.3 Å². The van der Waals surface area contributed by atoms with Crippen molar-refractivity contribution in [2.24, 2.45) is 7.05 Å². The van der Waals surface area contributed by atoms with Crippen LogP contribution in [0.1, 0.15) is 33.3 Å². The number of carbonyl (C=O) groups excluding carboxylic acids is 1.